The molecule has 0 bridgehead atoms. The van der Waals surface area contributed by atoms with E-state index in [1.807, 2.05) is 48.5 Å². The van der Waals surface area contributed by atoms with E-state index < -0.39 is 6.09 Å². The number of H-pyrrole nitrogens is 1. The van der Waals surface area contributed by atoms with Gasteiger partial charge in [0.05, 0.1) is 5.69 Å². The molecular weight excluding hydrogens is 380 g/mol. The van der Waals surface area contributed by atoms with Crippen molar-refractivity contribution in [1.29, 1.82) is 0 Å². The topological polar surface area (TPSA) is 80.4 Å². The fourth-order valence-electron chi connectivity index (χ4n) is 3.05. The Morgan fingerprint density at radius 2 is 1.57 bits per heavy atom. The number of nitrogens with one attached hydrogen (secondary N) is 2. The average Bonchev–Trinajstić information content (AvgIpc) is 2.77. The second-order valence-electron chi connectivity index (χ2n) is 6.74. The Morgan fingerprint density at radius 3 is 2.33 bits per heavy atom. The summed E-state index contributed by atoms with van der Waals surface area (Å²) in [5.41, 5.74) is 2.31. The lowest BCUT2D eigenvalue weighted by atomic mass is 10.1. The van der Waals surface area contributed by atoms with Gasteiger partial charge in [-0.25, -0.2) is 4.79 Å². The Labute approximate surface area is 173 Å². The minimum Gasteiger partial charge on any atom is -0.457 e. The molecule has 30 heavy (non-hydrogen) atoms. The zero-order chi connectivity index (χ0) is 20.9. The van der Waals surface area contributed by atoms with E-state index in [1.54, 1.807) is 37.3 Å². The number of benzene rings is 3. The molecule has 0 atom stereocenters. The molecule has 0 aliphatic rings. The highest BCUT2D eigenvalue weighted by Crippen LogP contribution is 2.22. The molecular formula is C24H20N2O4. The summed E-state index contributed by atoms with van der Waals surface area (Å²) in [7, 11) is 0. The van der Waals surface area contributed by atoms with Crippen molar-refractivity contribution in [3.63, 3.8) is 0 Å². The number of carbonyl (C=O) groups is 1. The number of fused-ring (bicyclic) bond motifs is 1. The third-order valence-corrected chi connectivity index (χ3v) is 4.68. The quantitative estimate of drug-likeness (QED) is 0.471. The Bertz CT molecular complexity index is 1230. The lowest BCUT2D eigenvalue weighted by Gasteiger charge is -2.11. The number of anilines is 1. The van der Waals surface area contributed by atoms with Crippen molar-refractivity contribution in [3.8, 4) is 11.5 Å². The molecule has 3 aromatic carbocycles. The molecule has 4 aromatic rings. The second kappa shape index (κ2) is 8.53. The number of rotatable bonds is 5. The molecule has 6 nitrogen and oxygen atoms in total. The summed E-state index contributed by atoms with van der Waals surface area (Å²) in [6.45, 7) is 1.68. The molecule has 4 rings (SSSR count). The molecule has 0 spiro atoms. The molecule has 1 heterocycles. The van der Waals surface area contributed by atoms with Crippen LogP contribution in [-0.2, 0) is 11.3 Å². The summed E-state index contributed by atoms with van der Waals surface area (Å²) in [6, 6.07) is 23.6. The zero-order valence-electron chi connectivity index (χ0n) is 16.3. The third kappa shape index (κ3) is 4.33. The van der Waals surface area contributed by atoms with Crippen LogP contribution in [0.1, 0.15) is 11.3 Å². The number of amides is 1. The van der Waals surface area contributed by atoms with Crippen LogP contribution in [-0.4, -0.2) is 11.1 Å². The SMILES string of the molecule is Cc1c(COC(=O)Nc2ccc(Oc3ccccc3)cc2)[nH]c2ccccc2c1=O. The molecule has 0 unspecified atom stereocenters. The summed E-state index contributed by atoms with van der Waals surface area (Å²) in [6.07, 6.45) is -0.611. The summed E-state index contributed by atoms with van der Waals surface area (Å²) >= 11 is 0. The number of hydrogen-bond donors (Lipinski definition) is 2. The number of para-hydroxylation sites is 2. The van der Waals surface area contributed by atoms with Crippen LogP contribution in [0.4, 0.5) is 10.5 Å². The lowest BCUT2D eigenvalue weighted by molar-refractivity contribution is 0.153. The van der Waals surface area contributed by atoms with Gasteiger partial charge in [-0.3, -0.25) is 10.1 Å². The van der Waals surface area contributed by atoms with Crippen molar-refractivity contribution >= 4 is 22.7 Å². The molecule has 0 aliphatic carbocycles. The van der Waals surface area contributed by atoms with Crippen LogP contribution in [0.5, 0.6) is 11.5 Å². The number of ether oxygens (including phenoxy) is 2. The van der Waals surface area contributed by atoms with Crippen molar-refractivity contribution < 1.29 is 14.3 Å². The van der Waals surface area contributed by atoms with Crippen molar-refractivity contribution in [3.05, 3.63) is 100 Å². The van der Waals surface area contributed by atoms with Crippen LogP contribution in [0.3, 0.4) is 0 Å². The Morgan fingerprint density at radius 1 is 0.900 bits per heavy atom. The van der Waals surface area contributed by atoms with Gasteiger partial charge >= 0.3 is 6.09 Å². The normalized spacial score (nSPS) is 10.6. The summed E-state index contributed by atoms with van der Waals surface area (Å²) < 4.78 is 11.0. The van der Waals surface area contributed by atoms with E-state index in [1.165, 1.54) is 0 Å². The molecule has 0 saturated heterocycles. The molecule has 0 fully saturated rings. The molecule has 0 radical (unpaired) electrons. The molecule has 0 saturated carbocycles. The van der Waals surface area contributed by atoms with E-state index >= 15 is 0 Å². The molecule has 2 N–H and O–H groups in total. The minimum atomic E-state index is -0.611. The Balaban J connectivity index is 1.38. The Hall–Kier alpha value is -4.06. The van der Waals surface area contributed by atoms with Gasteiger partial charge in [0.25, 0.3) is 0 Å². The highest BCUT2D eigenvalue weighted by atomic mass is 16.5. The first-order valence-corrected chi connectivity index (χ1v) is 9.47. The number of carbonyl (C=O) groups excluding carboxylic acids is 1. The molecule has 6 heteroatoms. The largest absolute Gasteiger partial charge is 0.457 e. The van der Waals surface area contributed by atoms with Crippen molar-refractivity contribution in [2.24, 2.45) is 0 Å². The van der Waals surface area contributed by atoms with Gasteiger partial charge in [0.1, 0.15) is 18.1 Å². The highest BCUT2D eigenvalue weighted by molar-refractivity contribution is 5.84. The second-order valence-corrected chi connectivity index (χ2v) is 6.74. The molecule has 150 valence electrons. The van der Waals surface area contributed by atoms with Gasteiger partial charge in [0.2, 0.25) is 0 Å². The summed E-state index contributed by atoms with van der Waals surface area (Å²) in [4.78, 5) is 27.8. The van der Waals surface area contributed by atoms with Gasteiger partial charge in [0.15, 0.2) is 5.43 Å². The van der Waals surface area contributed by atoms with E-state index in [4.69, 9.17) is 9.47 Å². The van der Waals surface area contributed by atoms with E-state index in [-0.39, 0.29) is 12.0 Å². The Kier molecular flexibility index (Phi) is 5.48. The van der Waals surface area contributed by atoms with Gasteiger partial charge < -0.3 is 14.5 Å². The average molecular weight is 400 g/mol. The first-order chi connectivity index (χ1) is 14.6. The van der Waals surface area contributed by atoms with Crippen LogP contribution < -0.4 is 15.5 Å². The summed E-state index contributed by atoms with van der Waals surface area (Å²) in [5, 5.41) is 3.28. The van der Waals surface area contributed by atoms with Crippen LogP contribution in [0.15, 0.2) is 83.7 Å². The monoisotopic (exact) mass is 400 g/mol. The molecule has 0 aliphatic heterocycles. The van der Waals surface area contributed by atoms with Gasteiger partial charge in [-0.1, -0.05) is 30.3 Å². The fourth-order valence-corrected chi connectivity index (χ4v) is 3.05. The van der Waals surface area contributed by atoms with Crippen molar-refractivity contribution in [1.82, 2.24) is 4.98 Å². The minimum absolute atomic E-state index is 0.0348. The smallest absolute Gasteiger partial charge is 0.412 e. The van der Waals surface area contributed by atoms with Gasteiger partial charge in [-0.15, -0.1) is 0 Å². The lowest BCUT2D eigenvalue weighted by Crippen LogP contribution is -2.17. The third-order valence-electron chi connectivity index (χ3n) is 4.68. The number of aromatic amines is 1. The van der Waals surface area contributed by atoms with Crippen LogP contribution in [0, 0.1) is 6.92 Å². The van der Waals surface area contributed by atoms with Gasteiger partial charge in [0, 0.05) is 22.2 Å². The maximum absolute atomic E-state index is 12.5. The first-order valence-electron chi connectivity index (χ1n) is 9.47. The van der Waals surface area contributed by atoms with Crippen LogP contribution in [0.25, 0.3) is 10.9 Å². The number of aromatic nitrogens is 1. The predicted molar refractivity (Wildman–Crippen MR) is 116 cm³/mol. The van der Waals surface area contributed by atoms with E-state index in [2.05, 4.69) is 10.3 Å². The van der Waals surface area contributed by atoms with Crippen LogP contribution in [0.2, 0.25) is 0 Å². The predicted octanol–water partition coefficient (Wildman–Crippen LogP) is 5.38. The van der Waals surface area contributed by atoms with Gasteiger partial charge in [-0.2, -0.15) is 0 Å². The van der Waals surface area contributed by atoms with E-state index in [0.29, 0.717) is 33.6 Å². The van der Waals surface area contributed by atoms with E-state index in [0.717, 1.165) is 5.75 Å². The molecule has 1 aromatic heterocycles. The van der Waals surface area contributed by atoms with E-state index in [9.17, 15) is 9.59 Å². The standard InChI is InChI=1S/C24H20N2O4/c1-16-22(26-21-10-6-5-9-20(21)23(16)27)15-29-24(28)25-17-11-13-19(14-12-17)30-18-7-3-2-4-8-18/h2-14H,15H2,1H3,(H,25,28)(H,26,27). The summed E-state index contributed by atoms with van der Waals surface area (Å²) in [5.74, 6) is 1.39. The highest BCUT2D eigenvalue weighted by Gasteiger charge is 2.11. The number of hydrogen-bond acceptors (Lipinski definition) is 4. The van der Waals surface area contributed by atoms with Crippen molar-refractivity contribution in [2.75, 3.05) is 5.32 Å². The van der Waals surface area contributed by atoms with Gasteiger partial charge in [-0.05, 0) is 55.5 Å². The number of pyridine rings is 1. The van der Waals surface area contributed by atoms with Crippen molar-refractivity contribution in [2.45, 2.75) is 13.5 Å². The molecule has 1 amide bonds. The fraction of sp³-hybridized carbons (Fsp3) is 0.0833. The first kappa shape index (κ1) is 19.3. The van der Waals surface area contributed by atoms with Crippen LogP contribution >= 0.6 is 0 Å². The zero-order valence-corrected chi connectivity index (χ0v) is 16.3. The maximum atomic E-state index is 12.5. The maximum Gasteiger partial charge on any atom is 0.412 e.